The average molecular weight is 435 g/mol. The standard InChI is InChI=1S/C23H15ClN2O5/c24-14-4-3-5-15(11-14)25-23(28)21-20(16-6-1-2-7-17(16)31-21)26-22(27)13-8-9-18-19(10-13)30-12-29-18/h1-11H,12H2,(H,25,28)(H,26,27). The van der Waals surface area contributed by atoms with Crippen molar-refractivity contribution in [3.8, 4) is 11.5 Å². The number of halogens is 1. The minimum Gasteiger partial charge on any atom is -0.454 e. The molecule has 5 rings (SSSR count). The zero-order valence-corrected chi connectivity index (χ0v) is 16.7. The highest BCUT2D eigenvalue weighted by Gasteiger charge is 2.24. The minimum absolute atomic E-state index is 0.0183. The van der Waals surface area contributed by atoms with E-state index in [0.717, 1.165) is 0 Å². The van der Waals surface area contributed by atoms with Gasteiger partial charge >= 0.3 is 0 Å². The van der Waals surface area contributed by atoms with Crippen molar-refractivity contribution >= 4 is 45.8 Å². The summed E-state index contributed by atoms with van der Waals surface area (Å²) in [4.78, 5) is 25.9. The van der Waals surface area contributed by atoms with Crippen LogP contribution in [0, 0.1) is 0 Å². The van der Waals surface area contributed by atoms with Gasteiger partial charge in [-0.15, -0.1) is 0 Å². The topological polar surface area (TPSA) is 89.8 Å². The average Bonchev–Trinajstić information content (AvgIpc) is 3.38. The lowest BCUT2D eigenvalue weighted by molar-refractivity contribution is 0.0999. The first kappa shape index (κ1) is 19.0. The Bertz CT molecular complexity index is 1330. The number of hydrogen-bond acceptors (Lipinski definition) is 5. The van der Waals surface area contributed by atoms with Crippen LogP contribution in [-0.2, 0) is 0 Å². The predicted octanol–water partition coefficient (Wildman–Crippen LogP) is 5.32. The monoisotopic (exact) mass is 434 g/mol. The number of carbonyl (C=O) groups is 2. The van der Waals surface area contributed by atoms with E-state index in [2.05, 4.69) is 10.6 Å². The van der Waals surface area contributed by atoms with Crippen molar-refractivity contribution in [2.45, 2.75) is 0 Å². The molecule has 0 saturated carbocycles. The molecule has 1 aliphatic heterocycles. The van der Waals surface area contributed by atoms with Crippen LogP contribution in [-0.4, -0.2) is 18.6 Å². The molecule has 2 N–H and O–H groups in total. The highest BCUT2D eigenvalue weighted by atomic mass is 35.5. The Hall–Kier alpha value is -3.97. The number of para-hydroxylation sites is 1. The van der Waals surface area contributed by atoms with Crippen molar-refractivity contribution in [3.05, 3.63) is 83.1 Å². The lowest BCUT2D eigenvalue weighted by Crippen LogP contribution is -2.17. The molecular weight excluding hydrogens is 420 g/mol. The van der Waals surface area contributed by atoms with E-state index in [1.807, 2.05) is 0 Å². The van der Waals surface area contributed by atoms with Crippen LogP contribution in [0.3, 0.4) is 0 Å². The number of fused-ring (bicyclic) bond motifs is 2. The summed E-state index contributed by atoms with van der Waals surface area (Å²) in [5.74, 6) is 0.118. The molecule has 0 atom stereocenters. The number of rotatable bonds is 4. The van der Waals surface area contributed by atoms with Gasteiger partial charge in [0, 0.05) is 21.7 Å². The van der Waals surface area contributed by atoms with Gasteiger partial charge in [0.25, 0.3) is 11.8 Å². The number of hydrogen-bond donors (Lipinski definition) is 2. The van der Waals surface area contributed by atoms with Gasteiger partial charge in [-0.05, 0) is 48.5 Å². The van der Waals surface area contributed by atoms with E-state index in [9.17, 15) is 9.59 Å². The quantitative estimate of drug-likeness (QED) is 0.453. The van der Waals surface area contributed by atoms with Crippen molar-refractivity contribution < 1.29 is 23.5 Å². The maximum absolute atomic E-state index is 13.0. The van der Waals surface area contributed by atoms with Gasteiger partial charge < -0.3 is 24.5 Å². The summed E-state index contributed by atoms with van der Waals surface area (Å²) in [6.45, 7) is 0.112. The molecule has 0 fully saturated rings. The van der Waals surface area contributed by atoms with Crippen LogP contribution in [0.15, 0.2) is 71.1 Å². The third kappa shape index (κ3) is 3.67. The number of nitrogens with one attached hydrogen (secondary N) is 2. The van der Waals surface area contributed by atoms with Gasteiger partial charge in [-0.2, -0.15) is 0 Å². The molecule has 1 aromatic heterocycles. The molecule has 0 bridgehead atoms. The summed E-state index contributed by atoms with van der Waals surface area (Å²) in [5.41, 5.74) is 1.61. The molecule has 0 radical (unpaired) electrons. The van der Waals surface area contributed by atoms with Gasteiger partial charge in [0.15, 0.2) is 11.5 Å². The zero-order chi connectivity index (χ0) is 21.4. The van der Waals surface area contributed by atoms with Crippen molar-refractivity contribution in [1.29, 1.82) is 0 Å². The van der Waals surface area contributed by atoms with Crippen LogP contribution >= 0.6 is 11.6 Å². The Kier molecular flexibility index (Phi) is 4.72. The van der Waals surface area contributed by atoms with E-state index in [4.69, 9.17) is 25.5 Å². The molecule has 3 aromatic carbocycles. The number of ether oxygens (including phenoxy) is 2. The van der Waals surface area contributed by atoms with Gasteiger partial charge in [-0.25, -0.2) is 0 Å². The lowest BCUT2D eigenvalue weighted by atomic mass is 10.1. The molecular formula is C23H15ClN2O5. The van der Waals surface area contributed by atoms with Gasteiger partial charge in [0.2, 0.25) is 12.6 Å². The van der Waals surface area contributed by atoms with Crippen LogP contribution in [0.4, 0.5) is 11.4 Å². The van der Waals surface area contributed by atoms with Crippen LogP contribution < -0.4 is 20.1 Å². The van der Waals surface area contributed by atoms with Crippen LogP contribution in [0.5, 0.6) is 11.5 Å². The summed E-state index contributed by atoms with van der Waals surface area (Å²) in [6.07, 6.45) is 0. The summed E-state index contributed by atoms with van der Waals surface area (Å²) in [7, 11) is 0. The largest absolute Gasteiger partial charge is 0.454 e. The first-order chi connectivity index (χ1) is 15.1. The van der Waals surface area contributed by atoms with Crippen LogP contribution in [0.25, 0.3) is 11.0 Å². The van der Waals surface area contributed by atoms with E-state index in [-0.39, 0.29) is 18.2 Å². The molecule has 0 saturated heterocycles. The molecule has 154 valence electrons. The number of anilines is 2. The normalized spacial score (nSPS) is 12.0. The Labute approximate surface area is 181 Å². The van der Waals surface area contributed by atoms with Crippen molar-refractivity contribution in [2.75, 3.05) is 17.4 Å². The molecule has 31 heavy (non-hydrogen) atoms. The molecule has 2 heterocycles. The fourth-order valence-electron chi connectivity index (χ4n) is 3.31. The lowest BCUT2D eigenvalue weighted by Gasteiger charge is -2.08. The second-order valence-corrected chi connectivity index (χ2v) is 7.23. The van der Waals surface area contributed by atoms with E-state index in [1.54, 1.807) is 66.7 Å². The maximum atomic E-state index is 13.0. The molecule has 0 unspecified atom stereocenters. The Morgan fingerprint density at radius 1 is 0.839 bits per heavy atom. The number of furan rings is 1. The van der Waals surface area contributed by atoms with Crippen LogP contribution in [0.1, 0.15) is 20.9 Å². The summed E-state index contributed by atoms with van der Waals surface area (Å²) < 4.78 is 16.4. The van der Waals surface area contributed by atoms with Crippen molar-refractivity contribution in [3.63, 3.8) is 0 Å². The Morgan fingerprint density at radius 3 is 2.55 bits per heavy atom. The SMILES string of the molecule is O=C(Nc1c(C(=O)Nc2cccc(Cl)c2)oc2ccccc12)c1ccc2c(c1)OCO2. The smallest absolute Gasteiger partial charge is 0.293 e. The molecule has 2 amide bonds. The first-order valence-corrected chi connectivity index (χ1v) is 9.76. The van der Waals surface area contributed by atoms with E-state index in [0.29, 0.717) is 38.7 Å². The van der Waals surface area contributed by atoms with E-state index >= 15 is 0 Å². The maximum Gasteiger partial charge on any atom is 0.293 e. The molecule has 4 aromatic rings. The molecule has 8 heteroatoms. The zero-order valence-electron chi connectivity index (χ0n) is 16.0. The number of benzene rings is 3. The van der Waals surface area contributed by atoms with Crippen LogP contribution in [0.2, 0.25) is 5.02 Å². The summed E-state index contributed by atoms with van der Waals surface area (Å²) >= 11 is 6.00. The highest BCUT2D eigenvalue weighted by Crippen LogP contribution is 2.34. The third-order valence-corrected chi connectivity index (χ3v) is 4.99. The molecule has 7 nitrogen and oxygen atoms in total. The fourth-order valence-corrected chi connectivity index (χ4v) is 3.50. The molecule has 0 aliphatic carbocycles. The highest BCUT2D eigenvalue weighted by molar-refractivity contribution is 6.31. The van der Waals surface area contributed by atoms with Gasteiger partial charge in [0.1, 0.15) is 11.3 Å². The first-order valence-electron chi connectivity index (χ1n) is 9.38. The van der Waals surface area contributed by atoms with Gasteiger partial charge in [0.05, 0.1) is 0 Å². The van der Waals surface area contributed by atoms with E-state index in [1.165, 1.54) is 0 Å². The van der Waals surface area contributed by atoms with Crippen molar-refractivity contribution in [2.24, 2.45) is 0 Å². The third-order valence-electron chi connectivity index (χ3n) is 4.76. The van der Waals surface area contributed by atoms with E-state index < -0.39 is 11.8 Å². The summed E-state index contributed by atoms with van der Waals surface area (Å²) in [5, 5.41) is 6.63. The van der Waals surface area contributed by atoms with Gasteiger partial charge in [-0.1, -0.05) is 29.8 Å². The Balaban J connectivity index is 1.48. The van der Waals surface area contributed by atoms with Crippen molar-refractivity contribution in [1.82, 2.24) is 0 Å². The summed E-state index contributed by atoms with van der Waals surface area (Å²) in [6, 6.07) is 18.7. The number of amides is 2. The predicted molar refractivity (Wildman–Crippen MR) is 116 cm³/mol. The van der Waals surface area contributed by atoms with Gasteiger partial charge in [-0.3, -0.25) is 9.59 Å². The second kappa shape index (κ2) is 7.70. The number of carbonyl (C=O) groups excluding carboxylic acids is 2. The molecule has 1 aliphatic rings. The minimum atomic E-state index is -0.514. The Morgan fingerprint density at radius 2 is 1.68 bits per heavy atom. The fraction of sp³-hybridized carbons (Fsp3) is 0.0435. The second-order valence-electron chi connectivity index (χ2n) is 6.79. The molecule has 0 spiro atoms.